The number of ether oxygens (including phenoxy) is 1. The Morgan fingerprint density at radius 3 is 3.10 bits per heavy atom. The number of rotatable bonds is 5. The summed E-state index contributed by atoms with van der Waals surface area (Å²) in [5, 5.41) is 16.7. The molecule has 0 saturated heterocycles. The third-order valence-electron chi connectivity index (χ3n) is 2.62. The molecule has 3 N–H and O–H groups in total. The maximum absolute atomic E-state index is 11.7. The third kappa shape index (κ3) is 2.73. The summed E-state index contributed by atoms with van der Waals surface area (Å²) in [6.07, 6.45) is 3.53. The van der Waals surface area contributed by atoms with E-state index in [0.29, 0.717) is 23.0 Å². The molecule has 7 nitrogen and oxygen atoms in total. The van der Waals surface area contributed by atoms with Gasteiger partial charge in [0.15, 0.2) is 0 Å². The Hall–Kier alpha value is -2.53. The molecule has 0 aliphatic rings. The molecule has 0 aliphatic carbocycles. The van der Waals surface area contributed by atoms with E-state index in [-0.39, 0.29) is 11.3 Å². The Morgan fingerprint density at radius 1 is 1.70 bits per heavy atom. The van der Waals surface area contributed by atoms with Crippen molar-refractivity contribution >= 4 is 28.0 Å². The van der Waals surface area contributed by atoms with E-state index in [2.05, 4.69) is 15.2 Å². The maximum Gasteiger partial charge on any atom is 0.343 e. The summed E-state index contributed by atoms with van der Waals surface area (Å²) in [6.45, 7) is 1.18. The highest BCUT2D eigenvalue weighted by Crippen LogP contribution is 2.35. The first kappa shape index (κ1) is 13.9. The van der Waals surface area contributed by atoms with E-state index >= 15 is 0 Å². The summed E-state index contributed by atoms with van der Waals surface area (Å²) in [7, 11) is 1.28. The molecule has 0 saturated carbocycles. The predicted molar refractivity (Wildman–Crippen MR) is 75.5 cm³/mol. The summed E-state index contributed by atoms with van der Waals surface area (Å²) >= 11 is 1.14. The molecule has 2 rings (SSSR count). The van der Waals surface area contributed by atoms with Crippen LogP contribution in [0.4, 0.5) is 10.7 Å². The van der Waals surface area contributed by atoms with Gasteiger partial charge >= 0.3 is 5.97 Å². The lowest BCUT2D eigenvalue weighted by Gasteiger charge is -2.06. The van der Waals surface area contributed by atoms with Crippen molar-refractivity contribution in [3.63, 3.8) is 0 Å². The molecule has 0 aliphatic heterocycles. The summed E-state index contributed by atoms with van der Waals surface area (Å²) in [5.74, 6) is -0.554. The lowest BCUT2D eigenvalue weighted by atomic mass is 10.2. The van der Waals surface area contributed by atoms with Gasteiger partial charge in [0.2, 0.25) is 0 Å². The van der Waals surface area contributed by atoms with Gasteiger partial charge in [0.1, 0.15) is 21.5 Å². The molecule has 0 aromatic carbocycles. The lowest BCUT2D eigenvalue weighted by Crippen LogP contribution is -2.13. The van der Waals surface area contributed by atoms with Gasteiger partial charge in [-0.1, -0.05) is 0 Å². The average Bonchev–Trinajstić information content (AvgIpc) is 3.06. The van der Waals surface area contributed by atoms with Crippen molar-refractivity contribution in [1.82, 2.24) is 9.78 Å². The second-order valence-corrected chi connectivity index (χ2v) is 4.87. The Morgan fingerprint density at radius 2 is 2.50 bits per heavy atom. The number of methoxy groups -OCH3 is 1. The van der Waals surface area contributed by atoms with Crippen molar-refractivity contribution in [2.45, 2.75) is 6.54 Å². The van der Waals surface area contributed by atoms with Gasteiger partial charge in [-0.2, -0.15) is 10.4 Å². The standard InChI is InChI=1S/C12H13N5O2S/c1-19-12(18)9-10(14)8(7-13)20-11(9)15-4-6-17-5-2-3-16-17/h2-3,5,15H,4,6,14H2,1H3. The molecule has 20 heavy (non-hydrogen) atoms. The van der Waals surface area contributed by atoms with Crippen LogP contribution in [0.3, 0.4) is 0 Å². The molecule has 0 fully saturated rings. The van der Waals surface area contributed by atoms with Crippen LogP contribution < -0.4 is 11.1 Å². The lowest BCUT2D eigenvalue weighted by molar-refractivity contribution is 0.0603. The highest BCUT2D eigenvalue weighted by molar-refractivity contribution is 7.17. The minimum Gasteiger partial charge on any atom is -0.465 e. The number of anilines is 2. The van der Waals surface area contributed by atoms with Gasteiger partial charge in [0.25, 0.3) is 0 Å². The van der Waals surface area contributed by atoms with Crippen LogP contribution in [-0.4, -0.2) is 29.4 Å². The number of hydrogen-bond acceptors (Lipinski definition) is 7. The number of nitrogens with one attached hydrogen (secondary N) is 1. The van der Waals surface area contributed by atoms with E-state index in [1.54, 1.807) is 10.9 Å². The second-order valence-electron chi connectivity index (χ2n) is 3.85. The number of aromatic nitrogens is 2. The molecule has 2 aromatic rings. The molecule has 0 unspecified atom stereocenters. The van der Waals surface area contributed by atoms with Crippen molar-refractivity contribution in [2.24, 2.45) is 0 Å². The number of nitriles is 1. The smallest absolute Gasteiger partial charge is 0.343 e. The van der Waals surface area contributed by atoms with Gasteiger partial charge in [0, 0.05) is 18.9 Å². The summed E-state index contributed by atoms with van der Waals surface area (Å²) < 4.78 is 6.45. The van der Waals surface area contributed by atoms with E-state index in [9.17, 15) is 4.79 Å². The van der Waals surface area contributed by atoms with Crippen LogP contribution in [0.15, 0.2) is 18.5 Å². The molecule has 2 aromatic heterocycles. The van der Waals surface area contributed by atoms with E-state index in [4.69, 9.17) is 11.0 Å². The molecule has 104 valence electrons. The number of nitrogen functional groups attached to an aromatic ring is 1. The second kappa shape index (κ2) is 6.08. The molecule has 0 atom stereocenters. The van der Waals surface area contributed by atoms with Crippen molar-refractivity contribution in [3.8, 4) is 6.07 Å². The van der Waals surface area contributed by atoms with Crippen molar-refractivity contribution in [3.05, 3.63) is 28.9 Å². The fraction of sp³-hybridized carbons (Fsp3) is 0.250. The molecule has 2 heterocycles. The van der Waals surface area contributed by atoms with Crippen LogP contribution in [0.5, 0.6) is 0 Å². The first-order valence-electron chi connectivity index (χ1n) is 5.79. The summed E-state index contributed by atoms with van der Waals surface area (Å²) in [4.78, 5) is 12.0. The van der Waals surface area contributed by atoms with Crippen LogP contribution >= 0.6 is 11.3 Å². The van der Waals surface area contributed by atoms with Crippen LogP contribution in [0.2, 0.25) is 0 Å². The number of hydrogen-bond donors (Lipinski definition) is 2. The molecular weight excluding hydrogens is 278 g/mol. The summed E-state index contributed by atoms with van der Waals surface area (Å²) in [6, 6.07) is 3.80. The largest absolute Gasteiger partial charge is 0.465 e. The molecule has 0 bridgehead atoms. The maximum atomic E-state index is 11.7. The topological polar surface area (TPSA) is 106 Å². The zero-order valence-corrected chi connectivity index (χ0v) is 11.6. The number of nitrogens with zero attached hydrogens (tertiary/aromatic N) is 3. The van der Waals surface area contributed by atoms with E-state index < -0.39 is 5.97 Å². The zero-order valence-electron chi connectivity index (χ0n) is 10.8. The fourth-order valence-corrected chi connectivity index (χ4v) is 2.60. The molecule has 8 heteroatoms. The van der Waals surface area contributed by atoms with Crippen LogP contribution in [0.1, 0.15) is 15.2 Å². The Balaban J connectivity index is 2.14. The van der Waals surface area contributed by atoms with E-state index in [1.807, 2.05) is 18.3 Å². The third-order valence-corrected chi connectivity index (χ3v) is 3.69. The minimum absolute atomic E-state index is 0.158. The molecule has 0 amide bonds. The van der Waals surface area contributed by atoms with E-state index in [0.717, 1.165) is 11.3 Å². The van der Waals surface area contributed by atoms with Gasteiger partial charge in [-0.25, -0.2) is 4.79 Å². The molecule has 0 radical (unpaired) electrons. The van der Waals surface area contributed by atoms with Gasteiger partial charge in [-0.3, -0.25) is 4.68 Å². The van der Waals surface area contributed by atoms with Crippen molar-refractivity contribution < 1.29 is 9.53 Å². The number of carbonyl (C=O) groups is 1. The highest BCUT2D eigenvalue weighted by atomic mass is 32.1. The quantitative estimate of drug-likeness (QED) is 0.804. The summed E-state index contributed by atoms with van der Waals surface area (Å²) in [5.41, 5.74) is 6.16. The van der Waals surface area contributed by atoms with Crippen LogP contribution in [0, 0.1) is 11.3 Å². The predicted octanol–water partition coefficient (Wildman–Crippen LogP) is 1.30. The SMILES string of the molecule is COC(=O)c1c(NCCn2cccn2)sc(C#N)c1N. The Kier molecular flexibility index (Phi) is 4.22. The first-order chi connectivity index (χ1) is 9.67. The first-order valence-corrected chi connectivity index (χ1v) is 6.61. The number of thiophene rings is 1. The fourth-order valence-electron chi connectivity index (χ4n) is 1.67. The number of nitrogens with two attached hydrogens (primary N) is 1. The highest BCUT2D eigenvalue weighted by Gasteiger charge is 2.22. The van der Waals surface area contributed by atoms with Crippen molar-refractivity contribution in [2.75, 3.05) is 24.7 Å². The van der Waals surface area contributed by atoms with Crippen LogP contribution in [0.25, 0.3) is 0 Å². The van der Waals surface area contributed by atoms with Gasteiger partial charge in [-0.05, 0) is 6.07 Å². The van der Waals surface area contributed by atoms with Gasteiger partial charge in [-0.15, -0.1) is 11.3 Å². The average molecular weight is 291 g/mol. The molecule has 0 spiro atoms. The monoisotopic (exact) mass is 291 g/mol. The molecular formula is C12H13N5O2S. The van der Waals surface area contributed by atoms with Gasteiger partial charge in [0.05, 0.1) is 19.3 Å². The number of esters is 1. The minimum atomic E-state index is -0.554. The van der Waals surface area contributed by atoms with E-state index in [1.165, 1.54) is 7.11 Å². The Labute approximate surface area is 119 Å². The van der Waals surface area contributed by atoms with Gasteiger partial charge < -0.3 is 15.8 Å². The van der Waals surface area contributed by atoms with Crippen molar-refractivity contribution in [1.29, 1.82) is 5.26 Å². The number of carbonyl (C=O) groups excluding carboxylic acids is 1. The normalized spacial score (nSPS) is 10.0. The Bertz CT molecular complexity index is 642. The van der Waals surface area contributed by atoms with Crippen LogP contribution in [-0.2, 0) is 11.3 Å². The zero-order chi connectivity index (χ0) is 14.5.